The quantitative estimate of drug-likeness (QED) is 0.892. The third-order valence-corrected chi connectivity index (χ3v) is 4.92. The maximum absolute atomic E-state index is 12.6. The summed E-state index contributed by atoms with van der Waals surface area (Å²) < 4.78 is 0. The van der Waals surface area contributed by atoms with Crippen molar-refractivity contribution in [2.75, 3.05) is 32.8 Å². The van der Waals surface area contributed by atoms with Crippen molar-refractivity contribution >= 4 is 23.2 Å². The minimum absolute atomic E-state index is 0.0936. The fourth-order valence-electron chi connectivity index (χ4n) is 2.39. The van der Waals surface area contributed by atoms with Crippen molar-refractivity contribution in [2.45, 2.75) is 19.3 Å². The second kappa shape index (κ2) is 5.93. The van der Waals surface area contributed by atoms with Gasteiger partial charge in [0, 0.05) is 31.1 Å². The Labute approximate surface area is 122 Å². The van der Waals surface area contributed by atoms with Crippen LogP contribution in [0.1, 0.15) is 18.7 Å². The lowest BCUT2D eigenvalue weighted by Crippen LogP contribution is -2.54. The van der Waals surface area contributed by atoms with E-state index >= 15 is 0 Å². The van der Waals surface area contributed by atoms with E-state index in [1.54, 1.807) is 21.1 Å². The SMILES string of the molecule is CC(C)(C(=O)N1CCN(C(=O)CO)CC1)c1cccs1. The molecule has 20 heavy (non-hydrogen) atoms. The van der Waals surface area contributed by atoms with Crippen LogP contribution in [0.2, 0.25) is 0 Å². The zero-order valence-corrected chi connectivity index (χ0v) is 12.7. The number of piperazine rings is 1. The molecule has 0 saturated carbocycles. The minimum atomic E-state index is -0.530. The van der Waals surface area contributed by atoms with E-state index in [4.69, 9.17) is 5.11 Å². The van der Waals surface area contributed by atoms with Gasteiger partial charge in [0.1, 0.15) is 6.61 Å². The minimum Gasteiger partial charge on any atom is -0.387 e. The Morgan fingerprint density at radius 1 is 1.25 bits per heavy atom. The zero-order chi connectivity index (χ0) is 14.8. The van der Waals surface area contributed by atoms with E-state index in [-0.39, 0.29) is 11.8 Å². The van der Waals surface area contributed by atoms with Crippen LogP contribution < -0.4 is 0 Å². The van der Waals surface area contributed by atoms with Gasteiger partial charge in [0.25, 0.3) is 0 Å². The molecule has 0 aromatic carbocycles. The van der Waals surface area contributed by atoms with Crippen LogP contribution in [0.3, 0.4) is 0 Å². The van der Waals surface area contributed by atoms with E-state index in [1.165, 1.54) is 0 Å². The van der Waals surface area contributed by atoms with E-state index in [9.17, 15) is 9.59 Å². The van der Waals surface area contributed by atoms with Gasteiger partial charge in [-0.1, -0.05) is 6.07 Å². The maximum atomic E-state index is 12.6. The normalized spacial score (nSPS) is 16.4. The molecule has 6 heteroatoms. The molecule has 1 aromatic heterocycles. The Balaban J connectivity index is 2.00. The van der Waals surface area contributed by atoms with Gasteiger partial charge in [-0.25, -0.2) is 0 Å². The predicted octanol–water partition coefficient (Wildman–Crippen LogP) is 0.689. The number of hydrogen-bond acceptors (Lipinski definition) is 4. The van der Waals surface area contributed by atoms with Crippen molar-refractivity contribution in [2.24, 2.45) is 0 Å². The molecule has 2 heterocycles. The highest BCUT2D eigenvalue weighted by Gasteiger charge is 2.36. The van der Waals surface area contributed by atoms with E-state index in [2.05, 4.69) is 0 Å². The first kappa shape index (κ1) is 15.0. The molecule has 2 rings (SSSR count). The van der Waals surface area contributed by atoms with Gasteiger partial charge in [-0.2, -0.15) is 0 Å². The van der Waals surface area contributed by atoms with Crippen molar-refractivity contribution in [3.05, 3.63) is 22.4 Å². The molecular formula is C14H20N2O3S. The third-order valence-electron chi connectivity index (χ3n) is 3.73. The fourth-order valence-corrected chi connectivity index (χ4v) is 3.24. The van der Waals surface area contributed by atoms with Gasteiger partial charge in [-0.15, -0.1) is 11.3 Å². The van der Waals surface area contributed by atoms with E-state index in [0.29, 0.717) is 26.2 Å². The molecular weight excluding hydrogens is 276 g/mol. The predicted molar refractivity (Wildman–Crippen MR) is 77.6 cm³/mol. The molecule has 0 bridgehead atoms. The second-order valence-electron chi connectivity index (χ2n) is 5.43. The Bertz CT molecular complexity index is 477. The van der Waals surface area contributed by atoms with Gasteiger partial charge >= 0.3 is 0 Å². The summed E-state index contributed by atoms with van der Waals surface area (Å²) in [7, 11) is 0. The molecule has 1 aliphatic heterocycles. The Hall–Kier alpha value is -1.40. The number of rotatable bonds is 3. The van der Waals surface area contributed by atoms with Crippen molar-refractivity contribution < 1.29 is 14.7 Å². The highest BCUT2D eigenvalue weighted by molar-refractivity contribution is 7.10. The molecule has 0 atom stereocenters. The summed E-state index contributed by atoms with van der Waals surface area (Å²) in [5, 5.41) is 10.8. The number of hydrogen-bond donors (Lipinski definition) is 1. The first-order valence-electron chi connectivity index (χ1n) is 6.69. The van der Waals surface area contributed by atoms with Crippen molar-refractivity contribution in [3.8, 4) is 0 Å². The van der Waals surface area contributed by atoms with Gasteiger partial charge in [0.2, 0.25) is 11.8 Å². The van der Waals surface area contributed by atoms with Gasteiger partial charge < -0.3 is 14.9 Å². The molecule has 0 radical (unpaired) electrons. The lowest BCUT2D eigenvalue weighted by Gasteiger charge is -2.38. The highest BCUT2D eigenvalue weighted by atomic mass is 32.1. The standard InChI is InChI=1S/C14H20N2O3S/c1-14(2,11-4-3-9-20-11)13(19)16-7-5-15(6-8-16)12(18)10-17/h3-4,9,17H,5-8,10H2,1-2H3. The van der Waals surface area contributed by atoms with Crippen molar-refractivity contribution in [3.63, 3.8) is 0 Å². The second-order valence-corrected chi connectivity index (χ2v) is 6.38. The van der Waals surface area contributed by atoms with Crippen LogP contribution in [0.4, 0.5) is 0 Å². The Morgan fingerprint density at radius 2 is 1.85 bits per heavy atom. The number of aliphatic hydroxyl groups is 1. The number of carbonyl (C=O) groups excluding carboxylic acids is 2. The van der Waals surface area contributed by atoms with Gasteiger partial charge in [-0.05, 0) is 25.3 Å². The number of thiophene rings is 1. The first-order valence-corrected chi connectivity index (χ1v) is 7.56. The molecule has 0 aliphatic carbocycles. The average molecular weight is 296 g/mol. The maximum Gasteiger partial charge on any atom is 0.248 e. The van der Waals surface area contributed by atoms with Gasteiger partial charge in [0.05, 0.1) is 5.41 Å². The zero-order valence-electron chi connectivity index (χ0n) is 11.8. The Morgan fingerprint density at radius 3 is 2.35 bits per heavy atom. The molecule has 1 fully saturated rings. The van der Waals surface area contributed by atoms with Crippen molar-refractivity contribution in [1.82, 2.24) is 9.80 Å². The summed E-state index contributed by atoms with van der Waals surface area (Å²) >= 11 is 1.59. The van der Waals surface area contributed by atoms with Crippen LogP contribution in [0.15, 0.2) is 17.5 Å². The summed E-state index contributed by atoms with van der Waals surface area (Å²) in [4.78, 5) is 28.5. The first-order chi connectivity index (χ1) is 9.46. The van der Waals surface area contributed by atoms with Crippen LogP contribution >= 0.6 is 11.3 Å². The number of carbonyl (C=O) groups is 2. The molecule has 1 saturated heterocycles. The van der Waals surface area contributed by atoms with E-state index in [0.717, 1.165) is 4.88 Å². The molecule has 2 amide bonds. The van der Waals surface area contributed by atoms with Gasteiger partial charge in [-0.3, -0.25) is 9.59 Å². The smallest absolute Gasteiger partial charge is 0.248 e. The largest absolute Gasteiger partial charge is 0.387 e. The summed E-state index contributed by atoms with van der Waals surface area (Å²) in [6, 6.07) is 3.93. The van der Waals surface area contributed by atoms with E-state index < -0.39 is 12.0 Å². The molecule has 5 nitrogen and oxygen atoms in total. The van der Waals surface area contributed by atoms with Crippen LogP contribution in [0, 0.1) is 0 Å². The van der Waals surface area contributed by atoms with Gasteiger partial charge in [0.15, 0.2) is 0 Å². The summed E-state index contributed by atoms with van der Waals surface area (Å²) in [6.07, 6.45) is 0. The molecule has 0 spiro atoms. The van der Waals surface area contributed by atoms with Crippen LogP contribution in [0.25, 0.3) is 0 Å². The monoisotopic (exact) mass is 296 g/mol. The molecule has 110 valence electrons. The summed E-state index contributed by atoms with van der Waals surface area (Å²) in [5.74, 6) is -0.175. The molecule has 1 N–H and O–H groups in total. The number of aliphatic hydroxyl groups excluding tert-OH is 1. The number of amides is 2. The van der Waals surface area contributed by atoms with Crippen LogP contribution in [-0.4, -0.2) is 59.5 Å². The topological polar surface area (TPSA) is 60.9 Å². The molecule has 1 aromatic rings. The highest BCUT2D eigenvalue weighted by Crippen LogP contribution is 2.29. The summed E-state index contributed by atoms with van der Waals surface area (Å²) in [5.41, 5.74) is -0.530. The fraction of sp³-hybridized carbons (Fsp3) is 0.571. The van der Waals surface area contributed by atoms with Crippen molar-refractivity contribution in [1.29, 1.82) is 0 Å². The average Bonchev–Trinajstić information content (AvgIpc) is 3.00. The third kappa shape index (κ3) is 2.86. The Kier molecular flexibility index (Phi) is 4.45. The van der Waals surface area contributed by atoms with E-state index in [1.807, 2.05) is 31.4 Å². The molecule has 1 aliphatic rings. The van der Waals surface area contributed by atoms with Crippen LogP contribution in [-0.2, 0) is 15.0 Å². The molecule has 0 unspecified atom stereocenters. The lowest BCUT2D eigenvalue weighted by molar-refractivity contribution is -0.143. The summed E-state index contributed by atoms with van der Waals surface area (Å²) in [6.45, 7) is 5.45. The van der Waals surface area contributed by atoms with Crippen LogP contribution in [0.5, 0.6) is 0 Å². The lowest BCUT2D eigenvalue weighted by atomic mass is 9.89. The number of nitrogens with zero attached hydrogens (tertiary/aromatic N) is 2.